The molecule has 1 aromatic rings. The van der Waals surface area contributed by atoms with Crippen LogP contribution < -0.4 is 4.74 Å². The van der Waals surface area contributed by atoms with Crippen molar-refractivity contribution in [2.24, 2.45) is 0 Å². The molecule has 2 nitrogen and oxygen atoms in total. The Labute approximate surface area is 90.4 Å². The molecule has 72 valence electrons. The zero-order chi connectivity index (χ0) is 9.68. The normalized spacial score (nSPS) is 10.1. The fraction of sp³-hybridized carbons (Fsp3) is 0.333. The number of thioether (sulfide) groups is 1. The van der Waals surface area contributed by atoms with E-state index in [1.165, 1.54) is 0 Å². The lowest BCUT2D eigenvalue weighted by Gasteiger charge is -2.07. The maximum atomic E-state index is 8.69. The molecule has 0 bridgehead atoms. The average molecular weight is 263 g/mol. The third kappa shape index (κ3) is 3.21. The molecular weight excluding hydrogens is 252 g/mol. The number of aliphatic hydroxyl groups is 1. The minimum atomic E-state index is 0.181. The van der Waals surface area contributed by atoms with Crippen LogP contribution in [0.3, 0.4) is 0 Å². The third-order valence-corrected chi connectivity index (χ3v) is 2.98. The second-order valence-electron chi connectivity index (χ2n) is 2.37. The first-order chi connectivity index (χ1) is 6.27. The first-order valence-corrected chi connectivity index (χ1v) is 5.63. The van der Waals surface area contributed by atoms with E-state index in [0.717, 1.165) is 15.1 Å². The van der Waals surface area contributed by atoms with Gasteiger partial charge < -0.3 is 9.84 Å². The molecule has 0 aliphatic heterocycles. The topological polar surface area (TPSA) is 29.5 Å². The molecule has 0 saturated carbocycles. The summed E-state index contributed by atoms with van der Waals surface area (Å²) in [5.74, 6) is 1.54. The van der Waals surface area contributed by atoms with Crippen molar-refractivity contribution in [3.63, 3.8) is 0 Å². The highest BCUT2D eigenvalue weighted by molar-refractivity contribution is 9.10. The summed E-state index contributed by atoms with van der Waals surface area (Å²) in [6.07, 6.45) is 0. The van der Waals surface area contributed by atoms with Crippen LogP contribution in [0.2, 0.25) is 0 Å². The van der Waals surface area contributed by atoms with Crippen molar-refractivity contribution in [1.82, 2.24) is 0 Å². The van der Waals surface area contributed by atoms with E-state index in [9.17, 15) is 0 Å². The third-order valence-electron chi connectivity index (χ3n) is 1.47. The number of benzene rings is 1. The molecule has 0 atom stereocenters. The number of hydrogen-bond acceptors (Lipinski definition) is 3. The lowest BCUT2D eigenvalue weighted by Crippen LogP contribution is -1.89. The van der Waals surface area contributed by atoms with E-state index in [1.54, 1.807) is 18.9 Å². The predicted molar refractivity (Wildman–Crippen MR) is 58.5 cm³/mol. The number of ether oxygens (including phenoxy) is 1. The van der Waals surface area contributed by atoms with E-state index >= 15 is 0 Å². The second-order valence-corrected chi connectivity index (χ2v) is 4.42. The molecule has 1 aromatic carbocycles. The monoisotopic (exact) mass is 262 g/mol. The molecule has 0 heterocycles. The van der Waals surface area contributed by atoms with Crippen LogP contribution in [0.4, 0.5) is 0 Å². The van der Waals surface area contributed by atoms with Gasteiger partial charge in [0.05, 0.1) is 18.6 Å². The summed E-state index contributed by atoms with van der Waals surface area (Å²) in [5.41, 5.74) is 0. The van der Waals surface area contributed by atoms with E-state index in [1.807, 2.05) is 18.2 Å². The van der Waals surface area contributed by atoms with Crippen LogP contribution >= 0.6 is 27.7 Å². The molecule has 0 amide bonds. The van der Waals surface area contributed by atoms with Crippen LogP contribution in [-0.2, 0) is 0 Å². The molecule has 0 radical (unpaired) electrons. The summed E-state index contributed by atoms with van der Waals surface area (Å²) >= 11 is 4.97. The van der Waals surface area contributed by atoms with Crippen molar-refractivity contribution in [1.29, 1.82) is 0 Å². The smallest absolute Gasteiger partial charge is 0.132 e. The van der Waals surface area contributed by atoms with Crippen LogP contribution in [0, 0.1) is 0 Å². The van der Waals surface area contributed by atoms with Gasteiger partial charge in [0.2, 0.25) is 0 Å². The zero-order valence-electron chi connectivity index (χ0n) is 7.29. The Balaban J connectivity index is 2.81. The highest BCUT2D eigenvalue weighted by atomic mass is 79.9. The molecule has 1 rings (SSSR count). The Bertz CT molecular complexity index is 278. The van der Waals surface area contributed by atoms with Crippen LogP contribution in [0.5, 0.6) is 5.75 Å². The molecular formula is C9H11BrO2S. The number of aliphatic hydroxyl groups excluding tert-OH is 1. The Kier molecular flexibility index (Phi) is 4.62. The maximum Gasteiger partial charge on any atom is 0.132 e. The van der Waals surface area contributed by atoms with Crippen LogP contribution in [0.25, 0.3) is 0 Å². The molecule has 4 heteroatoms. The van der Waals surface area contributed by atoms with Crippen molar-refractivity contribution in [2.45, 2.75) is 4.90 Å². The SMILES string of the molecule is COc1ccc(Br)cc1SCCO. The quantitative estimate of drug-likeness (QED) is 0.846. The van der Waals surface area contributed by atoms with Gasteiger partial charge in [0.15, 0.2) is 0 Å². The van der Waals surface area contributed by atoms with Crippen molar-refractivity contribution in [2.75, 3.05) is 19.5 Å². The van der Waals surface area contributed by atoms with Gasteiger partial charge >= 0.3 is 0 Å². The van der Waals surface area contributed by atoms with Gasteiger partial charge in [0, 0.05) is 10.2 Å². The highest BCUT2D eigenvalue weighted by Gasteiger charge is 2.03. The summed E-state index contributed by atoms with van der Waals surface area (Å²) < 4.78 is 6.20. The Morgan fingerprint density at radius 2 is 2.31 bits per heavy atom. The van der Waals surface area contributed by atoms with Crippen molar-refractivity contribution in [3.8, 4) is 5.75 Å². The summed E-state index contributed by atoms with van der Waals surface area (Å²) in [6.45, 7) is 0.181. The van der Waals surface area contributed by atoms with E-state index < -0.39 is 0 Å². The van der Waals surface area contributed by atoms with Gasteiger partial charge in [-0.1, -0.05) is 15.9 Å². The zero-order valence-corrected chi connectivity index (χ0v) is 9.69. The minimum absolute atomic E-state index is 0.181. The van der Waals surface area contributed by atoms with E-state index in [-0.39, 0.29) is 6.61 Å². The molecule has 0 aromatic heterocycles. The molecule has 0 unspecified atom stereocenters. The number of methoxy groups -OCH3 is 1. The highest BCUT2D eigenvalue weighted by Crippen LogP contribution is 2.31. The van der Waals surface area contributed by atoms with Gasteiger partial charge in [-0.15, -0.1) is 11.8 Å². The molecule has 0 fully saturated rings. The minimum Gasteiger partial charge on any atom is -0.496 e. The summed E-state index contributed by atoms with van der Waals surface area (Å²) in [5, 5.41) is 8.69. The molecule has 13 heavy (non-hydrogen) atoms. The maximum absolute atomic E-state index is 8.69. The van der Waals surface area contributed by atoms with Gasteiger partial charge in [-0.05, 0) is 18.2 Å². The van der Waals surface area contributed by atoms with Gasteiger partial charge in [-0.2, -0.15) is 0 Å². The predicted octanol–water partition coefficient (Wildman–Crippen LogP) is 2.54. The first-order valence-electron chi connectivity index (χ1n) is 3.85. The van der Waals surface area contributed by atoms with Gasteiger partial charge in [-0.3, -0.25) is 0 Å². The second kappa shape index (κ2) is 5.52. The van der Waals surface area contributed by atoms with Crippen LogP contribution in [-0.4, -0.2) is 24.6 Å². The standard InChI is InChI=1S/C9H11BrO2S/c1-12-8-3-2-7(10)6-9(8)13-5-4-11/h2-3,6,11H,4-5H2,1H3. The van der Waals surface area contributed by atoms with Gasteiger partial charge in [0.1, 0.15) is 5.75 Å². The molecule has 0 aliphatic rings. The van der Waals surface area contributed by atoms with Gasteiger partial charge in [0.25, 0.3) is 0 Å². The van der Waals surface area contributed by atoms with Crippen molar-refractivity contribution in [3.05, 3.63) is 22.7 Å². The molecule has 0 aliphatic carbocycles. The average Bonchev–Trinajstić information content (AvgIpc) is 2.15. The largest absolute Gasteiger partial charge is 0.496 e. The van der Waals surface area contributed by atoms with Crippen molar-refractivity contribution >= 4 is 27.7 Å². The molecule has 0 spiro atoms. The number of halogens is 1. The number of rotatable bonds is 4. The first kappa shape index (κ1) is 10.9. The van der Waals surface area contributed by atoms with E-state index in [2.05, 4.69) is 15.9 Å². The molecule has 1 N–H and O–H groups in total. The fourth-order valence-corrected chi connectivity index (χ4v) is 2.25. The van der Waals surface area contributed by atoms with Crippen molar-refractivity contribution < 1.29 is 9.84 Å². The lowest BCUT2D eigenvalue weighted by molar-refractivity contribution is 0.322. The molecule has 0 saturated heterocycles. The van der Waals surface area contributed by atoms with Crippen LogP contribution in [0.15, 0.2) is 27.6 Å². The van der Waals surface area contributed by atoms with E-state index in [0.29, 0.717) is 5.75 Å². The fourth-order valence-electron chi connectivity index (χ4n) is 0.919. The number of hydrogen-bond donors (Lipinski definition) is 1. The summed E-state index contributed by atoms with van der Waals surface area (Å²) in [6, 6.07) is 5.82. The Morgan fingerprint density at radius 1 is 1.54 bits per heavy atom. The van der Waals surface area contributed by atoms with Crippen LogP contribution in [0.1, 0.15) is 0 Å². The summed E-state index contributed by atoms with van der Waals surface area (Å²) in [7, 11) is 1.65. The summed E-state index contributed by atoms with van der Waals surface area (Å²) in [4.78, 5) is 1.05. The lowest BCUT2D eigenvalue weighted by atomic mass is 10.3. The Hall–Kier alpha value is -0.190. The van der Waals surface area contributed by atoms with E-state index in [4.69, 9.17) is 9.84 Å². The van der Waals surface area contributed by atoms with Gasteiger partial charge in [-0.25, -0.2) is 0 Å². The Morgan fingerprint density at radius 3 is 2.92 bits per heavy atom.